The molecule has 0 unspecified atom stereocenters. The summed E-state index contributed by atoms with van der Waals surface area (Å²) in [5, 5.41) is 1.55. The molecule has 0 saturated heterocycles. The van der Waals surface area contributed by atoms with Crippen molar-refractivity contribution in [3.63, 3.8) is 0 Å². The number of benzene rings is 1. The Bertz CT molecular complexity index is 424. The Balaban J connectivity index is 2.44. The molecule has 1 aromatic carbocycles. The number of hydrogen-bond donors (Lipinski definition) is 0. The molecule has 4 heteroatoms. The van der Waals surface area contributed by atoms with Crippen LogP contribution in [0.15, 0.2) is 29.8 Å². The Kier molecular flexibility index (Phi) is 2.70. The molecule has 2 nitrogen and oxygen atoms in total. The third-order valence-corrected chi connectivity index (χ3v) is 2.87. The molecule has 0 spiro atoms. The van der Waals surface area contributed by atoms with Gasteiger partial charge in [-0.1, -0.05) is 35.1 Å². The van der Waals surface area contributed by atoms with Gasteiger partial charge in [-0.2, -0.15) is 0 Å². The topological polar surface area (TPSA) is 22.1 Å². The van der Waals surface area contributed by atoms with Crippen molar-refractivity contribution in [3.05, 3.63) is 34.8 Å². The number of rotatable bonds is 2. The van der Waals surface area contributed by atoms with Crippen LogP contribution in [0.3, 0.4) is 0 Å². The summed E-state index contributed by atoms with van der Waals surface area (Å²) in [4.78, 5) is 4.24. The van der Waals surface area contributed by atoms with Gasteiger partial charge < -0.3 is 4.74 Å². The van der Waals surface area contributed by atoms with Crippen molar-refractivity contribution in [1.82, 2.24) is 4.98 Å². The first-order chi connectivity index (χ1) is 6.81. The van der Waals surface area contributed by atoms with Crippen LogP contribution in [-0.2, 0) is 0 Å². The largest absolute Gasteiger partial charge is 0.486 e. The number of ether oxygens (including phenoxy) is 1. The summed E-state index contributed by atoms with van der Waals surface area (Å²) in [6.45, 7) is 0. The van der Waals surface area contributed by atoms with E-state index in [0.717, 1.165) is 21.3 Å². The van der Waals surface area contributed by atoms with E-state index >= 15 is 0 Å². The molecule has 0 bridgehead atoms. The summed E-state index contributed by atoms with van der Waals surface area (Å²) in [5.41, 5.74) is 3.66. The standard InChI is InChI=1S/C10H8ClNOS/c1-13-10-9(12-6-14-10)7-2-4-8(11)5-3-7/h2-6H,1H3. The highest BCUT2D eigenvalue weighted by atomic mass is 35.5. The third kappa shape index (κ3) is 1.74. The minimum Gasteiger partial charge on any atom is -0.486 e. The van der Waals surface area contributed by atoms with Gasteiger partial charge in [0.05, 0.1) is 12.6 Å². The Hall–Kier alpha value is -1.06. The highest BCUT2D eigenvalue weighted by molar-refractivity contribution is 7.12. The van der Waals surface area contributed by atoms with Crippen molar-refractivity contribution in [1.29, 1.82) is 0 Å². The maximum absolute atomic E-state index is 5.80. The van der Waals surface area contributed by atoms with E-state index in [2.05, 4.69) is 4.98 Å². The van der Waals surface area contributed by atoms with Crippen LogP contribution in [-0.4, -0.2) is 12.1 Å². The first-order valence-corrected chi connectivity index (χ1v) is 5.30. The fourth-order valence-electron chi connectivity index (χ4n) is 1.18. The molecule has 14 heavy (non-hydrogen) atoms. The van der Waals surface area contributed by atoms with Crippen molar-refractivity contribution in [3.8, 4) is 16.3 Å². The van der Waals surface area contributed by atoms with E-state index in [1.165, 1.54) is 11.3 Å². The molecule has 0 aliphatic rings. The van der Waals surface area contributed by atoms with Gasteiger partial charge in [0.1, 0.15) is 5.69 Å². The summed E-state index contributed by atoms with van der Waals surface area (Å²) < 4.78 is 5.19. The average Bonchev–Trinajstić information content (AvgIpc) is 2.67. The summed E-state index contributed by atoms with van der Waals surface area (Å²) in [7, 11) is 1.65. The molecule has 0 N–H and O–H groups in total. The highest BCUT2D eigenvalue weighted by Crippen LogP contribution is 2.32. The number of hydrogen-bond acceptors (Lipinski definition) is 3. The summed E-state index contributed by atoms with van der Waals surface area (Å²) in [5.74, 6) is 0. The average molecular weight is 226 g/mol. The van der Waals surface area contributed by atoms with Gasteiger partial charge in [0.2, 0.25) is 5.06 Å². The minimum absolute atomic E-state index is 0.725. The van der Waals surface area contributed by atoms with Crippen molar-refractivity contribution in [2.75, 3.05) is 7.11 Å². The van der Waals surface area contributed by atoms with Gasteiger partial charge in [0, 0.05) is 10.6 Å². The van der Waals surface area contributed by atoms with Crippen molar-refractivity contribution >= 4 is 22.9 Å². The van der Waals surface area contributed by atoms with Gasteiger partial charge in [-0.3, -0.25) is 0 Å². The van der Waals surface area contributed by atoms with Crippen molar-refractivity contribution < 1.29 is 4.74 Å². The number of aromatic nitrogens is 1. The second kappa shape index (κ2) is 3.98. The zero-order valence-corrected chi connectivity index (χ0v) is 9.10. The second-order valence-corrected chi connectivity index (χ2v) is 3.95. The molecular weight excluding hydrogens is 218 g/mol. The lowest BCUT2D eigenvalue weighted by Gasteiger charge is -2.00. The molecule has 2 aromatic rings. The van der Waals surface area contributed by atoms with Crippen LogP contribution in [0, 0.1) is 0 Å². The zero-order valence-electron chi connectivity index (χ0n) is 7.53. The maximum Gasteiger partial charge on any atom is 0.201 e. The lowest BCUT2D eigenvalue weighted by molar-refractivity contribution is 0.428. The van der Waals surface area contributed by atoms with Crippen LogP contribution in [0.2, 0.25) is 5.02 Å². The Morgan fingerprint density at radius 1 is 1.29 bits per heavy atom. The van der Waals surface area contributed by atoms with Gasteiger partial charge in [0.25, 0.3) is 0 Å². The van der Waals surface area contributed by atoms with Crippen LogP contribution < -0.4 is 4.74 Å². The Labute approximate surface area is 91.1 Å². The lowest BCUT2D eigenvalue weighted by atomic mass is 10.2. The predicted molar refractivity (Wildman–Crippen MR) is 59.1 cm³/mol. The maximum atomic E-state index is 5.80. The van der Waals surface area contributed by atoms with E-state index in [1.807, 2.05) is 24.3 Å². The van der Waals surface area contributed by atoms with Crippen LogP contribution in [0.25, 0.3) is 11.3 Å². The fourth-order valence-corrected chi connectivity index (χ4v) is 1.94. The summed E-state index contributed by atoms with van der Waals surface area (Å²) >= 11 is 7.28. The zero-order chi connectivity index (χ0) is 9.97. The normalized spacial score (nSPS) is 10.1. The molecule has 0 aliphatic heterocycles. The summed E-state index contributed by atoms with van der Waals surface area (Å²) in [6.07, 6.45) is 0. The van der Waals surface area contributed by atoms with Gasteiger partial charge in [-0.25, -0.2) is 4.98 Å². The molecule has 1 aromatic heterocycles. The van der Waals surface area contributed by atoms with Crippen LogP contribution in [0.4, 0.5) is 0 Å². The number of nitrogens with zero attached hydrogens (tertiary/aromatic N) is 1. The molecule has 0 saturated carbocycles. The fraction of sp³-hybridized carbons (Fsp3) is 0.100. The third-order valence-electron chi connectivity index (χ3n) is 1.84. The first kappa shape index (κ1) is 9.49. The Morgan fingerprint density at radius 3 is 2.64 bits per heavy atom. The van der Waals surface area contributed by atoms with Gasteiger partial charge in [-0.15, -0.1) is 0 Å². The molecule has 2 rings (SSSR count). The van der Waals surface area contributed by atoms with E-state index < -0.39 is 0 Å². The van der Waals surface area contributed by atoms with E-state index in [9.17, 15) is 0 Å². The van der Waals surface area contributed by atoms with Gasteiger partial charge in [0.15, 0.2) is 0 Å². The van der Waals surface area contributed by atoms with Gasteiger partial charge in [-0.05, 0) is 12.1 Å². The highest BCUT2D eigenvalue weighted by Gasteiger charge is 2.08. The van der Waals surface area contributed by atoms with Gasteiger partial charge >= 0.3 is 0 Å². The summed E-state index contributed by atoms with van der Waals surface area (Å²) in [6, 6.07) is 7.55. The number of halogens is 1. The Morgan fingerprint density at radius 2 is 2.00 bits per heavy atom. The second-order valence-electron chi connectivity index (χ2n) is 2.70. The monoisotopic (exact) mass is 225 g/mol. The van der Waals surface area contributed by atoms with Crippen molar-refractivity contribution in [2.24, 2.45) is 0 Å². The predicted octanol–water partition coefficient (Wildman–Crippen LogP) is 3.47. The molecule has 0 aliphatic carbocycles. The lowest BCUT2D eigenvalue weighted by Crippen LogP contribution is -1.83. The van der Waals surface area contributed by atoms with Crippen molar-refractivity contribution in [2.45, 2.75) is 0 Å². The molecule has 0 atom stereocenters. The van der Waals surface area contributed by atoms with E-state index in [0.29, 0.717) is 0 Å². The number of thiazole rings is 1. The minimum atomic E-state index is 0.725. The number of methoxy groups -OCH3 is 1. The van der Waals surface area contributed by atoms with Crippen LogP contribution in [0.1, 0.15) is 0 Å². The molecule has 0 radical (unpaired) electrons. The molecular formula is C10H8ClNOS. The molecule has 72 valence electrons. The smallest absolute Gasteiger partial charge is 0.201 e. The quantitative estimate of drug-likeness (QED) is 0.781. The van der Waals surface area contributed by atoms with Crippen LogP contribution >= 0.6 is 22.9 Å². The van der Waals surface area contributed by atoms with E-state index in [-0.39, 0.29) is 0 Å². The molecule has 0 amide bonds. The van der Waals surface area contributed by atoms with E-state index in [1.54, 1.807) is 12.6 Å². The SMILES string of the molecule is COc1scnc1-c1ccc(Cl)cc1. The molecule has 0 fully saturated rings. The first-order valence-electron chi connectivity index (χ1n) is 4.04. The van der Waals surface area contributed by atoms with E-state index in [4.69, 9.17) is 16.3 Å². The molecule has 1 heterocycles. The van der Waals surface area contributed by atoms with Crippen LogP contribution in [0.5, 0.6) is 5.06 Å².